The van der Waals surface area contributed by atoms with Crippen LogP contribution in [0.4, 0.5) is 11.5 Å². The molecule has 0 atom stereocenters. The minimum atomic E-state index is -0.491. The molecule has 1 amide bonds. The smallest absolute Gasteiger partial charge is 0.263 e. The van der Waals surface area contributed by atoms with E-state index in [-0.39, 0.29) is 16.8 Å². The average Bonchev–Trinajstić information content (AvgIpc) is 2.96. The van der Waals surface area contributed by atoms with E-state index in [1.807, 2.05) is 17.5 Å². The van der Waals surface area contributed by atoms with Gasteiger partial charge in [-0.15, -0.1) is 11.3 Å². The number of carbonyl (C=O) groups is 1. The van der Waals surface area contributed by atoms with Crippen molar-refractivity contribution < 1.29 is 4.79 Å². The van der Waals surface area contributed by atoms with Crippen LogP contribution in [0.1, 0.15) is 10.4 Å². The highest BCUT2D eigenvalue weighted by Crippen LogP contribution is 2.22. The molecule has 5 nitrogen and oxygen atoms in total. The Morgan fingerprint density at radius 2 is 1.95 bits per heavy atom. The normalized spacial score (nSPS) is 10.7. The molecule has 0 radical (unpaired) electrons. The summed E-state index contributed by atoms with van der Waals surface area (Å²) < 4.78 is 2.19. The molecule has 2 aromatic heterocycles. The summed E-state index contributed by atoms with van der Waals surface area (Å²) in [6.45, 7) is 0. The van der Waals surface area contributed by atoms with E-state index in [1.165, 1.54) is 11.3 Å². The van der Waals surface area contributed by atoms with E-state index in [4.69, 9.17) is 5.73 Å². The molecule has 0 aliphatic heterocycles. The molecule has 21 heavy (non-hydrogen) atoms. The molecule has 0 fully saturated rings. The first-order chi connectivity index (χ1) is 10.1. The van der Waals surface area contributed by atoms with Crippen molar-refractivity contribution in [2.45, 2.75) is 0 Å². The summed E-state index contributed by atoms with van der Waals surface area (Å²) in [5, 5.41) is 4.51. The summed E-state index contributed by atoms with van der Waals surface area (Å²) in [6, 6.07) is 10.8. The second kappa shape index (κ2) is 5.06. The number of aryl methyl sites for hydroxylation is 1. The number of hydrogen-bond donors (Lipinski definition) is 2. The lowest BCUT2D eigenvalue weighted by molar-refractivity contribution is 0.102. The van der Waals surface area contributed by atoms with E-state index in [0.29, 0.717) is 10.4 Å². The van der Waals surface area contributed by atoms with Crippen LogP contribution in [0.5, 0.6) is 0 Å². The molecule has 6 heteroatoms. The van der Waals surface area contributed by atoms with Crippen LogP contribution in [0.25, 0.3) is 10.2 Å². The highest BCUT2D eigenvalue weighted by molar-refractivity contribution is 7.17. The van der Waals surface area contributed by atoms with Gasteiger partial charge in [-0.1, -0.05) is 18.2 Å². The predicted molar refractivity (Wildman–Crippen MR) is 85.9 cm³/mol. The quantitative estimate of drug-likeness (QED) is 0.763. The van der Waals surface area contributed by atoms with Gasteiger partial charge in [-0.2, -0.15) is 0 Å². The topological polar surface area (TPSA) is 77.1 Å². The largest absolute Gasteiger partial charge is 0.384 e. The first-order valence-electron chi connectivity index (χ1n) is 6.31. The fourth-order valence-electron chi connectivity index (χ4n) is 2.20. The number of nitrogen functional groups attached to an aromatic ring is 1. The molecule has 1 aromatic carbocycles. The first-order valence-corrected chi connectivity index (χ1v) is 7.19. The molecule has 3 rings (SSSR count). The van der Waals surface area contributed by atoms with Crippen molar-refractivity contribution in [1.29, 1.82) is 0 Å². The number of benzene rings is 1. The van der Waals surface area contributed by atoms with Gasteiger partial charge < -0.3 is 15.6 Å². The lowest BCUT2D eigenvalue weighted by Gasteiger charge is -2.11. The summed E-state index contributed by atoms with van der Waals surface area (Å²) in [5.74, 6) is -0.325. The monoisotopic (exact) mass is 299 g/mol. The molecular weight excluding hydrogens is 286 g/mol. The van der Waals surface area contributed by atoms with Crippen molar-refractivity contribution in [2.75, 3.05) is 11.1 Å². The van der Waals surface area contributed by atoms with Gasteiger partial charge >= 0.3 is 0 Å². The average molecular weight is 299 g/mol. The lowest BCUT2D eigenvalue weighted by Crippen LogP contribution is -2.26. The molecule has 0 aliphatic carbocycles. The minimum Gasteiger partial charge on any atom is -0.384 e. The molecule has 0 saturated carbocycles. The number of fused-ring (bicyclic) bond motifs is 1. The maximum Gasteiger partial charge on any atom is 0.263 e. The number of nitrogens with one attached hydrogen (secondary N) is 1. The SMILES string of the molecule is Cn1c(N)c(C(=O)Nc2ccccc2)c(=O)c2sccc21. The molecule has 3 N–H and O–H groups in total. The third-order valence-corrected chi connectivity index (χ3v) is 4.22. The van der Waals surface area contributed by atoms with Crippen molar-refractivity contribution in [3.8, 4) is 0 Å². The summed E-state index contributed by atoms with van der Waals surface area (Å²) >= 11 is 1.31. The molecule has 0 unspecified atom stereocenters. The van der Waals surface area contributed by atoms with Gasteiger partial charge in [0.2, 0.25) is 5.43 Å². The second-order valence-electron chi connectivity index (χ2n) is 4.60. The van der Waals surface area contributed by atoms with Gasteiger partial charge in [0.1, 0.15) is 11.4 Å². The fraction of sp³-hybridized carbons (Fsp3) is 0.0667. The van der Waals surface area contributed by atoms with E-state index in [2.05, 4.69) is 5.32 Å². The third-order valence-electron chi connectivity index (χ3n) is 3.32. The van der Waals surface area contributed by atoms with Gasteiger partial charge in [0.25, 0.3) is 5.91 Å². The van der Waals surface area contributed by atoms with Gasteiger partial charge in [-0.05, 0) is 23.6 Å². The molecule has 0 bridgehead atoms. The fourth-order valence-corrected chi connectivity index (χ4v) is 3.07. The van der Waals surface area contributed by atoms with Crippen molar-refractivity contribution in [1.82, 2.24) is 4.57 Å². The summed E-state index contributed by atoms with van der Waals surface area (Å²) in [4.78, 5) is 24.8. The maximum atomic E-state index is 12.5. The van der Waals surface area contributed by atoms with Gasteiger partial charge in [0.05, 0.1) is 10.2 Å². The number of carbonyl (C=O) groups excluding carboxylic acids is 1. The summed E-state index contributed by atoms with van der Waals surface area (Å²) in [5.41, 5.74) is 6.98. The van der Waals surface area contributed by atoms with Crippen LogP contribution in [-0.4, -0.2) is 10.5 Å². The standard InChI is InChI=1S/C15H13N3O2S/c1-18-10-7-8-21-13(10)12(19)11(14(18)16)15(20)17-9-5-3-2-4-6-9/h2-8H,16H2,1H3,(H,17,20). The predicted octanol–water partition coefficient (Wildman–Crippen LogP) is 2.43. The third kappa shape index (κ3) is 2.19. The van der Waals surface area contributed by atoms with Crippen molar-refractivity contribution in [3.05, 3.63) is 57.6 Å². The molecule has 2 heterocycles. The zero-order valence-corrected chi connectivity index (χ0v) is 12.1. The number of amides is 1. The van der Waals surface area contributed by atoms with Gasteiger partial charge in [0.15, 0.2) is 0 Å². The first kappa shape index (κ1) is 13.4. The number of thiophene rings is 1. The number of para-hydroxylation sites is 1. The number of nitrogens with two attached hydrogens (primary N) is 1. The van der Waals surface area contributed by atoms with Crippen LogP contribution in [0.2, 0.25) is 0 Å². The van der Waals surface area contributed by atoms with Crippen LogP contribution in [0.15, 0.2) is 46.6 Å². The van der Waals surface area contributed by atoms with Gasteiger partial charge in [-0.25, -0.2) is 0 Å². The van der Waals surface area contributed by atoms with Crippen LogP contribution in [0, 0.1) is 0 Å². The Hall–Kier alpha value is -2.60. The van der Waals surface area contributed by atoms with Crippen LogP contribution in [0.3, 0.4) is 0 Å². The maximum absolute atomic E-state index is 12.5. The Kier molecular flexibility index (Phi) is 3.23. The van der Waals surface area contributed by atoms with Crippen molar-refractivity contribution in [2.24, 2.45) is 7.05 Å². The molecule has 106 valence electrons. The van der Waals surface area contributed by atoms with Crippen LogP contribution in [-0.2, 0) is 7.05 Å². The number of rotatable bonds is 2. The Labute approximate surface area is 124 Å². The van der Waals surface area contributed by atoms with E-state index in [0.717, 1.165) is 5.52 Å². The Bertz CT molecular complexity index is 881. The molecular formula is C15H13N3O2S. The Balaban J connectivity index is 2.12. The minimum absolute atomic E-state index is 0.0173. The highest BCUT2D eigenvalue weighted by Gasteiger charge is 2.20. The van der Waals surface area contributed by atoms with Gasteiger partial charge in [0, 0.05) is 12.7 Å². The Morgan fingerprint density at radius 3 is 2.67 bits per heavy atom. The van der Waals surface area contributed by atoms with Crippen LogP contribution < -0.4 is 16.5 Å². The van der Waals surface area contributed by atoms with E-state index < -0.39 is 5.91 Å². The van der Waals surface area contributed by atoms with Crippen molar-refractivity contribution >= 4 is 39.0 Å². The van der Waals surface area contributed by atoms with Crippen LogP contribution >= 0.6 is 11.3 Å². The number of anilines is 2. The van der Waals surface area contributed by atoms with Gasteiger partial charge in [-0.3, -0.25) is 9.59 Å². The summed E-state index contributed by atoms with van der Waals surface area (Å²) in [6.07, 6.45) is 0. The van der Waals surface area contributed by atoms with E-state index in [1.54, 1.807) is 35.9 Å². The Morgan fingerprint density at radius 1 is 1.24 bits per heavy atom. The zero-order chi connectivity index (χ0) is 15.0. The number of nitrogens with zero attached hydrogens (tertiary/aromatic N) is 1. The number of aromatic nitrogens is 1. The molecule has 3 aromatic rings. The summed E-state index contributed by atoms with van der Waals surface area (Å²) in [7, 11) is 1.74. The molecule has 0 saturated heterocycles. The molecule has 0 spiro atoms. The zero-order valence-electron chi connectivity index (χ0n) is 11.3. The highest BCUT2D eigenvalue weighted by atomic mass is 32.1. The molecule has 0 aliphatic rings. The van der Waals surface area contributed by atoms with Crippen molar-refractivity contribution in [3.63, 3.8) is 0 Å². The second-order valence-corrected chi connectivity index (χ2v) is 5.52. The number of hydrogen-bond acceptors (Lipinski definition) is 4. The van der Waals surface area contributed by atoms with E-state index in [9.17, 15) is 9.59 Å². The number of pyridine rings is 1. The van der Waals surface area contributed by atoms with E-state index >= 15 is 0 Å². The lowest BCUT2D eigenvalue weighted by atomic mass is 10.2.